The fourth-order valence-electron chi connectivity index (χ4n) is 2.80. The summed E-state index contributed by atoms with van der Waals surface area (Å²) < 4.78 is 6.91. The molecular formula is C14H19N5O. The van der Waals surface area contributed by atoms with Gasteiger partial charge in [0.15, 0.2) is 5.82 Å². The van der Waals surface area contributed by atoms with E-state index in [0.29, 0.717) is 0 Å². The van der Waals surface area contributed by atoms with Crippen molar-refractivity contribution in [3.05, 3.63) is 30.1 Å². The van der Waals surface area contributed by atoms with Gasteiger partial charge in [-0.2, -0.15) is 4.68 Å². The predicted octanol–water partition coefficient (Wildman–Crippen LogP) is 1.79. The summed E-state index contributed by atoms with van der Waals surface area (Å²) in [6, 6.07) is 7.66. The van der Waals surface area contributed by atoms with E-state index in [1.807, 2.05) is 24.3 Å². The number of rotatable bonds is 3. The zero-order valence-corrected chi connectivity index (χ0v) is 11.6. The lowest BCUT2D eigenvalue weighted by molar-refractivity contribution is 0.282. The van der Waals surface area contributed by atoms with E-state index in [0.717, 1.165) is 42.9 Å². The molecule has 1 fully saturated rings. The first-order valence-electron chi connectivity index (χ1n) is 6.95. The standard InChI is InChI=1S/C14H19N5O/c1-20-12-7-5-11(6-8-12)19-13(16-17-18-19)14(15)9-3-2-4-10-14/h5-8H,2-4,9-10,15H2,1H3. The number of hydrogen-bond acceptors (Lipinski definition) is 5. The summed E-state index contributed by atoms with van der Waals surface area (Å²) in [4.78, 5) is 0. The van der Waals surface area contributed by atoms with Gasteiger partial charge in [0.2, 0.25) is 0 Å². The lowest BCUT2D eigenvalue weighted by atomic mass is 9.82. The number of ether oxygens (including phenoxy) is 1. The van der Waals surface area contributed by atoms with Crippen LogP contribution in [-0.2, 0) is 5.54 Å². The van der Waals surface area contributed by atoms with Gasteiger partial charge < -0.3 is 10.5 Å². The van der Waals surface area contributed by atoms with Crippen molar-refractivity contribution in [3.63, 3.8) is 0 Å². The molecule has 1 aromatic heterocycles. The molecule has 20 heavy (non-hydrogen) atoms. The summed E-state index contributed by atoms with van der Waals surface area (Å²) >= 11 is 0. The van der Waals surface area contributed by atoms with Crippen LogP contribution in [-0.4, -0.2) is 27.3 Å². The molecule has 0 saturated heterocycles. The van der Waals surface area contributed by atoms with E-state index < -0.39 is 5.54 Å². The molecule has 1 aliphatic rings. The van der Waals surface area contributed by atoms with Crippen molar-refractivity contribution in [1.82, 2.24) is 20.2 Å². The third kappa shape index (κ3) is 2.27. The van der Waals surface area contributed by atoms with Crippen LogP contribution < -0.4 is 10.5 Å². The van der Waals surface area contributed by atoms with Crippen molar-refractivity contribution in [2.45, 2.75) is 37.6 Å². The molecule has 0 unspecified atom stereocenters. The fourth-order valence-corrected chi connectivity index (χ4v) is 2.80. The van der Waals surface area contributed by atoms with E-state index in [9.17, 15) is 0 Å². The first-order chi connectivity index (χ1) is 9.73. The Morgan fingerprint density at radius 3 is 2.50 bits per heavy atom. The molecule has 1 aromatic carbocycles. The summed E-state index contributed by atoms with van der Waals surface area (Å²) in [5, 5.41) is 12.1. The summed E-state index contributed by atoms with van der Waals surface area (Å²) in [5.74, 6) is 1.56. The Morgan fingerprint density at radius 1 is 1.15 bits per heavy atom. The largest absolute Gasteiger partial charge is 0.497 e. The Hall–Kier alpha value is -1.95. The SMILES string of the molecule is COc1ccc(-n2nnnc2C2(N)CCCCC2)cc1. The molecule has 106 valence electrons. The molecule has 0 aliphatic heterocycles. The van der Waals surface area contributed by atoms with Crippen molar-refractivity contribution in [3.8, 4) is 11.4 Å². The van der Waals surface area contributed by atoms with Crippen LogP contribution in [0, 0.1) is 0 Å². The Labute approximate surface area is 117 Å². The van der Waals surface area contributed by atoms with Crippen LogP contribution in [0.4, 0.5) is 0 Å². The molecular weight excluding hydrogens is 254 g/mol. The topological polar surface area (TPSA) is 78.8 Å². The van der Waals surface area contributed by atoms with Crippen LogP contribution in [0.15, 0.2) is 24.3 Å². The van der Waals surface area contributed by atoms with E-state index >= 15 is 0 Å². The summed E-state index contributed by atoms with van der Waals surface area (Å²) in [5.41, 5.74) is 7.02. The molecule has 0 amide bonds. The molecule has 0 atom stereocenters. The van der Waals surface area contributed by atoms with Crippen molar-refractivity contribution in [2.24, 2.45) is 5.73 Å². The lowest BCUT2D eigenvalue weighted by Crippen LogP contribution is -2.41. The maximum Gasteiger partial charge on any atom is 0.176 e. The first-order valence-corrected chi connectivity index (χ1v) is 6.95. The Morgan fingerprint density at radius 2 is 1.85 bits per heavy atom. The molecule has 0 radical (unpaired) electrons. The second-order valence-electron chi connectivity index (χ2n) is 5.33. The molecule has 2 N–H and O–H groups in total. The Balaban J connectivity index is 1.96. The molecule has 2 aromatic rings. The van der Waals surface area contributed by atoms with Crippen molar-refractivity contribution in [2.75, 3.05) is 7.11 Å². The smallest absolute Gasteiger partial charge is 0.176 e. The highest BCUT2D eigenvalue weighted by Crippen LogP contribution is 2.34. The third-order valence-corrected chi connectivity index (χ3v) is 3.98. The first kappa shape index (κ1) is 13.1. The molecule has 0 bridgehead atoms. The molecule has 1 heterocycles. The predicted molar refractivity (Wildman–Crippen MR) is 74.7 cm³/mol. The molecule has 1 saturated carbocycles. The van der Waals surface area contributed by atoms with Gasteiger partial charge in [0.05, 0.1) is 18.3 Å². The van der Waals surface area contributed by atoms with Crippen LogP contribution in [0.3, 0.4) is 0 Å². The van der Waals surface area contributed by atoms with Crippen molar-refractivity contribution in [1.29, 1.82) is 0 Å². The molecule has 6 nitrogen and oxygen atoms in total. The van der Waals surface area contributed by atoms with Gasteiger partial charge in [-0.3, -0.25) is 0 Å². The Kier molecular flexibility index (Phi) is 3.40. The Bertz CT molecular complexity index is 572. The molecule has 6 heteroatoms. The fraction of sp³-hybridized carbons (Fsp3) is 0.500. The maximum absolute atomic E-state index is 6.53. The van der Waals surface area contributed by atoms with Crippen LogP contribution in [0.1, 0.15) is 37.9 Å². The average Bonchev–Trinajstić information content (AvgIpc) is 2.98. The van der Waals surface area contributed by atoms with E-state index in [1.165, 1.54) is 6.42 Å². The van der Waals surface area contributed by atoms with Gasteiger partial charge in [-0.25, -0.2) is 0 Å². The normalized spacial score (nSPS) is 17.9. The lowest BCUT2D eigenvalue weighted by Gasteiger charge is -2.31. The molecule has 0 spiro atoms. The highest BCUT2D eigenvalue weighted by atomic mass is 16.5. The zero-order chi connectivity index (χ0) is 14.0. The van der Waals surface area contributed by atoms with Gasteiger partial charge in [-0.15, -0.1) is 5.10 Å². The number of benzene rings is 1. The zero-order valence-electron chi connectivity index (χ0n) is 11.6. The van der Waals surface area contributed by atoms with Gasteiger partial charge >= 0.3 is 0 Å². The van der Waals surface area contributed by atoms with Crippen LogP contribution >= 0.6 is 0 Å². The van der Waals surface area contributed by atoms with E-state index in [2.05, 4.69) is 15.5 Å². The monoisotopic (exact) mass is 273 g/mol. The minimum absolute atomic E-state index is 0.415. The second kappa shape index (κ2) is 5.20. The van der Waals surface area contributed by atoms with Gasteiger partial charge in [0.25, 0.3) is 0 Å². The summed E-state index contributed by atoms with van der Waals surface area (Å²) in [7, 11) is 1.65. The summed E-state index contributed by atoms with van der Waals surface area (Å²) in [6.07, 6.45) is 5.37. The van der Waals surface area contributed by atoms with Crippen molar-refractivity contribution >= 4 is 0 Å². The van der Waals surface area contributed by atoms with Crippen LogP contribution in [0.2, 0.25) is 0 Å². The number of aromatic nitrogens is 4. The van der Waals surface area contributed by atoms with E-state index in [-0.39, 0.29) is 0 Å². The van der Waals surface area contributed by atoms with Gasteiger partial charge in [0.1, 0.15) is 5.75 Å². The highest BCUT2D eigenvalue weighted by molar-refractivity contribution is 5.37. The minimum atomic E-state index is -0.415. The summed E-state index contributed by atoms with van der Waals surface area (Å²) in [6.45, 7) is 0. The van der Waals surface area contributed by atoms with E-state index in [4.69, 9.17) is 10.5 Å². The quantitative estimate of drug-likeness (QED) is 0.922. The number of nitrogens with zero attached hydrogens (tertiary/aromatic N) is 4. The van der Waals surface area contributed by atoms with Crippen LogP contribution in [0.25, 0.3) is 5.69 Å². The third-order valence-electron chi connectivity index (χ3n) is 3.98. The molecule has 3 rings (SSSR count). The van der Waals surface area contributed by atoms with Gasteiger partial charge in [-0.1, -0.05) is 19.3 Å². The number of methoxy groups -OCH3 is 1. The van der Waals surface area contributed by atoms with Crippen molar-refractivity contribution < 1.29 is 4.74 Å². The van der Waals surface area contributed by atoms with E-state index in [1.54, 1.807) is 11.8 Å². The van der Waals surface area contributed by atoms with Gasteiger partial charge in [0, 0.05) is 0 Å². The molecule has 1 aliphatic carbocycles. The van der Waals surface area contributed by atoms with Gasteiger partial charge in [-0.05, 0) is 47.5 Å². The highest BCUT2D eigenvalue weighted by Gasteiger charge is 2.35. The number of nitrogens with two attached hydrogens (primary N) is 1. The number of hydrogen-bond donors (Lipinski definition) is 1. The average molecular weight is 273 g/mol. The second-order valence-corrected chi connectivity index (χ2v) is 5.33. The maximum atomic E-state index is 6.53. The minimum Gasteiger partial charge on any atom is -0.497 e. The number of tetrazole rings is 1. The van der Waals surface area contributed by atoms with Crippen LogP contribution in [0.5, 0.6) is 5.75 Å².